The Morgan fingerprint density at radius 3 is 2.08 bits per heavy atom. The minimum absolute atomic E-state index is 0.263. The van der Waals surface area contributed by atoms with E-state index in [1.54, 1.807) is 0 Å². The van der Waals surface area contributed by atoms with Gasteiger partial charge in [0.2, 0.25) is 0 Å². The third kappa shape index (κ3) is 0.916. The van der Waals surface area contributed by atoms with Gasteiger partial charge in [-0.25, -0.2) is 0 Å². The topological polar surface area (TPSA) is 47.6 Å². The summed E-state index contributed by atoms with van der Waals surface area (Å²) in [5.41, 5.74) is -0.263. The first-order valence-corrected chi connectivity index (χ1v) is 4.58. The van der Waals surface area contributed by atoms with Crippen LogP contribution in [0, 0.1) is 39.9 Å². The molecule has 2 saturated carbocycles. The molecule has 1 unspecified atom stereocenters. The minimum Gasteiger partial charge on any atom is -0.198 e. The molecule has 62 valence electrons. The molecule has 2 heteroatoms. The maximum Gasteiger partial charge on any atom is 0.0709 e. The Balaban J connectivity index is 2.12. The Labute approximate surface area is 72.8 Å². The molecule has 12 heavy (non-hydrogen) atoms. The normalized spacial score (nSPS) is 43.8. The summed E-state index contributed by atoms with van der Waals surface area (Å²) in [4.78, 5) is 0. The van der Waals surface area contributed by atoms with Gasteiger partial charge in [-0.05, 0) is 37.5 Å². The smallest absolute Gasteiger partial charge is 0.0709 e. The lowest BCUT2D eigenvalue weighted by atomic mass is 9.77. The second-order valence-corrected chi connectivity index (χ2v) is 4.23. The summed E-state index contributed by atoms with van der Waals surface area (Å²) in [6.07, 6.45) is 5.00. The molecular formula is C10H12N2. The highest BCUT2D eigenvalue weighted by molar-refractivity contribution is 5.12. The van der Waals surface area contributed by atoms with Gasteiger partial charge in [0.25, 0.3) is 0 Å². The SMILES string of the molecule is N#CCC1(C#N)C[C@H]2CC[C@H]2C1. The van der Waals surface area contributed by atoms with Crippen molar-refractivity contribution in [2.24, 2.45) is 17.3 Å². The molecule has 3 atom stereocenters. The van der Waals surface area contributed by atoms with E-state index < -0.39 is 0 Å². The predicted molar refractivity (Wildman–Crippen MR) is 43.7 cm³/mol. The Morgan fingerprint density at radius 1 is 1.17 bits per heavy atom. The number of nitrogens with zero attached hydrogens (tertiary/aromatic N) is 2. The van der Waals surface area contributed by atoms with Crippen LogP contribution in [-0.2, 0) is 0 Å². The Kier molecular flexibility index (Phi) is 1.58. The molecule has 2 aliphatic carbocycles. The fourth-order valence-corrected chi connectivity index (χ4v) is 2.69. The molecular weight excluding hydrogens is 148 g/mol. The van der Waals surface area contributed by atoms with Gasteiger partial charge in [0.05, 0.1) is 24.0 Å². The molecule has 0 bridgehead atoms. The molecule has 0 amide bonds. The quantitative estimate of drug-likeness (QED) is 0.590. The van der Waals surface area contributed by atoms with E-state index in [9.17, 15) is 0 Å². The zero-order valence-electron chi connectivity index (χ0n) is 7.08. The molecule has 0 radical (unpaired) electrons. The summed E-state index contributed by atoms with van der Waals surface area (Å²) < 4.78 is 0. The highest BCUT2D eigenvalue weighted by atomic mass is 14.5. The predicted octanol–water partition coefficient (Wildman–Crippen LogP) is 2.23. The molecule has 0 spiro atoms. The average molecular weight is 160 g/mol. The highest BCUT2D eigenvalue weighted by Crippen LogP contribution is 2.56. The lowest BCUT2D eigenvalue weighted by Crippen LogP contribution is -2.18. The summed E-state index contributed by atoms with van der Waals surface area (Å²) in [6, 6.07) is 4.50. The van der Waals surface area contributed by atoms with Crippen molar-refractivity contribution in [3.8, 4) is 12.1 Å². The molecule has 2 aliphatic rings. The fraction of sp³-hybridized carbons (Fsp3) is 0.800. The van der Waals surface area contributed by atoms with Crippen molar-refractivity contribution in [3.63, 3.8) is 0 Å². The van der Waals surface area contributed by atoms with Gasteiger partial charge >= 0.3 is 0 Å². The van der Waals surface area contributed by atoms with E-state index in [0.29, 0.717) is 6.42 Å². The van der Waals surface area contributed by atoms with Crippen molar-refractivity contribution in [1.29, 1.82) is 10.5 Å². The first-order valence-electron chi connectivity index (χ1n) is 4.58. The van der Waals surface area contributed by atoms with Gasteiger partial charge in [0.1, 0.15) is 0 Å². The maximum atomic E-state index is 9.01. The van der Waals surface area contributed by atoms with Gasteiger partial charge in [-0.2, -0.15) is 10.5 Å². The molecule has 2 rings (SSSR count). The largest absolute Gasteiger partial charge is 0.198 e. The average Bonchev–Trinajstić information content (AvgIpc) is 2.30. The Hall–Kier alpha value is -1.02. The maximum absolute atomic E-state index is 9.01. The van der Waals surface area contributed by atoms with Gasteiger partial charge in [-0.3, -0.25) is 0 Å². The van der Waals surface area contributed by atoms with Crippen molar-refractivity contribution in [2.45, 2.75) is 32.1 Å². The van der Waals surface area contributed by atoms with Crippen molar-refractivity contribution in [2.75, 3.05) is 0 Å². The zero-order valence-corrected chi connectivity index (χ0v) is 7.08. The van der Waals surface area contributed by atoms with Crippen molar-refractivity contribution in [1.82, 2.24) is 0 Å². The van der Waals surface area contributed by atoms with Crippen LogP contribution in [0.5, 0.6) is 0 Å². The highest BCUT2D eigenvalue weighted by Gasteiger charge is 2.49. The molecule has 0 heterocycles. The lowest BCUT2D eigenvalue weighted by Gasteiger charge is -2.29. The van der Waals surface area contributed by atoms with Crippen molar-refractivity contribution >= 4 is 0 Å². The van der Waals surface area contributed by atoms with E-state index >= 15 is 0 Å². The second-order valence-electron chi connectivity index (χ2n) is 4.23. The van der Waals surface area contributed by atoms with E-state index in [2.05, 4.69) is 12.1 Å². The lowest BCUT2D eigenvalue weighted by molar-refractivity contribution is 0.219. The van der Waals surface area contributed by atoms with Gasteiger partial charge in [0.15, 0.2) is 0 Å². The molecule has 0 aromatic heterocycles. The zero-order chi connectivity index (χ0) is 8.60. The summed E-state index contributed by atoms with van der Waals surface area (Å²) in [6.45, 7) is 0. The van der Waals surface area contributed by atoms with Crippen LogP contribution < -0.4 is 0 Å². The summed E-state index contributed by atoms with van der Waals surface area (Å²) in [5, 5.41) is 17.6. The second kappa shape index (κ2) is 2.49. The number of hydrogen-bond donors (Lipinski definition) is 0. The van der Waals surface area contributed by atoms with Gasteiger partial charge in [0, 0.05) is 0 Å². The van der Waals surface area contributed by atoms with Crippen molar-refractivity contribution < 1.29 is 0 Å². The van der Waals surface area contributed by atoms with E-state index in [0.717, 1.165) is 24.7 Å². The Morgan fingerprint density at radius 2 is 1.75 bits per heavy atom. The van der Waals surface area contributed by atoms with Crippen LogP contribution in [0.3, 0.4) is 0 Å². The molecule has 2 nitrogen and oxygen atoms in total. The first-order chi connectivity index (χ1) is 5.79. The van der Waals surface area contributed by atoms with Gasteiger partial charge in [-0.15, -0.1) is 0 Å². The minimum atomic E-state index is -0.263. The number of rotatable bonds is 1. The number of hydrogen-bond acceptors (Lipinski definition) is 2. The third-order valence-corrected chi connectivity index (χ3v) is 3.54. The molecule has 0 saturated heterocycles. The monoisotopic (exact) mass is 160 g/mol. The van der Waals surface area contributed by atoms with Crippen LogP contribution >= 0.6 is 0 Å². The van der Waals surface area contributed by atoms with E-state index in [-0.39, 0.29) is 5.41 Å². The summed E-state index contributed by atoms with van der Waals surface area (Å²) in [7, 11) is 0. The van der Waals surface area contributed by atoms with Crippen LogP contribution in [0.4, 0.5) is 0 Å². The standard InChI is InChI=1S/C10H12N2/c11-4-3-10(7-12)5-8-1-2-9(8)6-10/h8-9H,1-3,5-6H2/t8-,9+,10?. The fourth-order valence-electron chi connectivity index (χ4n) is 2.69. The third-order valence-electron chi connectivity index (χ3n) is 3.54. The van der Waals surface area contributed by atoms with Gasteiger partial charge < -0.3 is 0 Å². The van der Waals surface area contributed by atoms with E-state index in [1.807, 2.05) is 0 Å². The van der Waals surface area contributed by atoms with Crippen LogP contribution in [0.25, 0.3) is 0 Å². The molecule has 0 N–H and O–H groups in total. The summed E-state index contributed by atoms with van der Waals surface area (Å²) in [5.74, 6) is 1.55. The number of nitriles is 2. The van der Waals surface area contributed by atoms with E-state index in [4.69, 9.17) is 10.5 Å². The summed E-state index contributed by atoms with van der Waals surface area (Å²) >= 11 is 0. The van der Waals surface area contributed by atoms with Gasteiger partial charge in [-0.1, -0.05) is 0 Å². The van der Waals surface area contributed by atoms with Crippen LogP contribution in [-0.4, -0.2) is 0 Å². The molecule has 2 fully saturated rings. The Bertz CT molecular complexity index is 257. The molecule has 0 aromatic rings. The van der Waals surface area contributed by atoms with Crippen LogP contribution in [0.2, 0.25) is 0 Å². The van der Waals surface area contributed by atoms with E-state index in [1.165, 1.54) is 12.8 Å². The number of fused-ring (bicyclic) bond motifs is 1. The molecule has 0 aromatic carbocycles. The van der Waals surface area contributed by atoms with Crippen LogP contribution in [0.15, 0.2) is 0 Å². The first kappa shape index (κ1) is 7.62. The molecule has 0 aliphatic heterocycles. The van der Waals surface area contributed by atoms with Crippen molar-refractivity contribution in [3.05, 3.63) is 0 Å². The van der Waals surface area contributed by atoms with Crippen LogP contribution in [0.1, 0.15) is 32.1 Å².